The first-order valence-electron chi connectivity index (χ1n) is 8.11. The Hall–Kier alpha value is -2.08. The Bertz CT molecular complexity index is 698. The minimum Gasteiger partial charge on any atom is -0.379 e. The van der Waals surface area contributed by atoms with E-state index < -0.39 is 0 Å². The maximum absolute atomic E-state index is 12.3. The molecule has 0 fully saturated rings. The highest BCUT2D eigenvalue weighted by Crippen LogP contribution is 2.37. The van der Waals surface area contributed by atoms with Crippen molar-refractivity contribution in [3.63, 3.8) is 0 Å². The zero-order chi connectivity index (χ0) is 17.0. The number of nitrogens with zero attached hydrogens (tertiary/aromatic N) is 2. The van der Waals surface area contributed by atoms with Crippen molar-refractivity contribution in [3.05, 3.63) is 53.9 Å². The Labute approximate surface area is 146 Å². The van der Waals surface area contributed by atoms with E-state index in [0.29, 0.717) is 17.3 Å². The van der Waals surface area contributed by atoms with Crippen LogP contribution in [0.2, 0.25) is 0 Å². The minimum absolute atomic E-state index is 0.0669. The second kappa shape index (κ2) is 7.21. The van der Waals surface area contributed by atoms with E-state index in [2.05, 4.69) is 28.3 Å². The molecule has 1 aromatic rings. The lowest BCUT2D eigenvalue weighted by atomic mass is 9.78. The van der Waals surface area contributed by atoms with Crippen LogP contribution in [0.5, 0.6) is 0 Å². The second-order valence-electron chi connectivity index (χ2n) is 6.27. The molecule has 126 valence electrons. The third-order valence-electron chi connectivity index (χ3n) is 4.54. The molecule has 1 aliphatic carbocycles. The number of carbonyl (C=O) groups excluding carboxylic acids is 1. The van der Waals surface area contributed by atoms with Crippen LogP contribution < -0.4 is 11.1 Å². The molecule has 24 heavy (non-hydrogen) atoms. The molecule has 0 radical (unpaired) electrons. The van der Waals surface area contributed by atoms with Gasteiger partial charge in [-0.15, -0.1) is 0 Å². The molecule has 2 atom stereocenters. The number of allylic oxidation sites excluding steroid dienone is 1. The van der Waals surface area contributed by atoms with Gasteiger partial charge in [-0.05, 0) is 31.9 Å². The third kappa shape index (κ3) is 3.87. The van der Waals surface area contributed by atoms with E-state index >= 15 is 0 Å². The van der Waals surface area contributed by atoms with Gasteiger partial charge in [-0.25, -0.2) is 0 Å². The zero-order valence-electron chi connectivity index (χ0n) is 13.7. The van der Waals surface area contributed by atoms with Gasteiger partial charge >= 0.3 is 0 Å². The molecule has 1 amide bonds. The number of aliphatic imine (C=N–C) groups is 1. The summed E-state index contributed by atoms with van der Waals surface area (Å²) in [6.45, 7) is 2.58. The van der Waals surface area contributed by atoms with E-state index in [0.717, 1.165) is 24.3 Å². The molecule has 2 heterocycles. The van der Waals surface area contributed by atoms with Crippen LogP contribution in [-0.4, -0.2) is 27.4 Å². The number of carbonyl (C=O) groups is 1. The normalized spacial score (nSPS) is 26.5. The van der Waals surface area contributed by atoms with Gasteiger partial charge in [-0.1, -0.05) is 36.1 Å². The van der Waals surface area contributed by atoms with Crippen LogP contribution in [0.1, 0.15) is 25.5 Å². The van der Waals surface area contributed by atoms with Crippen LogP contribution in [-0.2, 0) is 11.3 Å². The van der Waals surface area contributed by atoms with Crippen molar-refractivity contribution in [3.8, 4) is 0 Å². The van der Waals surface area contributed by atoms with Gasteiger partial charge in [0, 0.05) is 23.4 Å². The number of pyridine rings is 1. The zero-order valence-corrected chi connectivity index (χ0v) is 14.6. The van der Waals surface area contributed by atoms with Crippen molar-refractivity contribution in [2.24, 2.45) is 16.6 Å². The lowest BCUT2D eigenvalue weighted by Crippen LogP contribution is -2.38. The molecule has 0 spiro atoms. The average molecular weight is 342 g/mol. The van der Waals surface area contributed by atoms with Crippen LogP contribution in [0.3, 0.4) is 0 Å². The summed E-state index contributed by atoms with van der Waals surface area (Å²) >= 11 is 1.61. The number of hydrogen-bond acceptors (Lipinski definition) is 5. The summed E-state index contributed by atoms with van der Waals surface area (Å²) in [5.41, 5.74) is 7.27. The number of hydrogen-bond donors (Lipinski definition) is 2. The lowest BCUT2D eigenvalue weighted by molar-refractivity contribution is -0.117. The molecule has 5 nitrogen and oxygen atoms in total. The molecule has 1 aliphatic heterocycles. The summed E-state index contributed by atoms with van der Waals surface area (Å²) in [7, 11) is 0. The topological polar surface area (TPSA) is 80.4 Å². The molecular weight excluding hydrogens is 320 g/mol. The fourth-order valence-electron chi connectivity index (χ4n) is 3.00. The Morgan fingerprint density at radius 2 is 2.38 bits per heavy atom. The predicted octanol–water partition coefficient (Wildman–Crippen LogP) is 2.41. The molecule has 0 bridgehead atoms. The van der Waals surface area contributed by atoms with E-state index in [1.165, 1.54) is 0 Å². The first-order valence-corrected chi connectivity index (χ1v) is 9.10. The number of nitrogens with one attached hydrogen (secondary N) is 1. The minimum atomic E-state index is -0.168. The van der Waals surface area contributed by atoms with E-state index in [1.807, 2.05) is 30.4 Å². The average Bonchev–Trinajstić information content (AvgIpc) is 2.60. The van der Waals surface area contributed by atoms with Gasteiger partial charge in [0.15, 0.2) is 5.17 Å². The Morgan fingerprint density at radius 1 is 1.50 bits per heavy atom. The molecule has 3 N–H and O–H groups in total. The van der Waals surface area contributed by atoms with Crippen molar-refractivity contribution >= 4 is 22.8 Å². The Morgan fingerprint density at radius 3 is 3.04 bits per heavy atom. The van der Waals surface area contributed by atoms with Gasteiger partial charge in [0.2, 0.25) is 0 Å². The highest BCUT2D eigenvalue weighted by atomic mass is 32.2. The molecule has 2 unspecified atom stereocenters. The van der Waals surface area contributed by atoms with E-state index in [1.54, 1.807) is 18.0 Å². The maximum atomic E-state index is 12.3. The van der Waals surface area contributed by atoms with Crippen molar-refractivity contribution in [2.75, 3.05) is 5.75 Å². The number of aromatic nitrogens is 1. The first kappa shape index (κ1) is 16.8. The Kier molecular flexibility index (Phi) is 5.04. The van der Waals surface area contributed by atoms with Gasteiger partial charge in [0.1, 0.15) is 0 Å². The smallest absolute Gasteiger partial charge is 0.251 e. The number of amidine groups is 1. The van der Waals surface area contributed by atoms with Crippen molar-refractivity contribution < 1.29 is 4.79 Å². The van der Waals surface area contributed by atoms with Gasteiger partial charge in [-0.3, -0.25) is 14.8 Å². The van der Waals surface area contributed by atoms with Gasteiger partial charge in [-0.2, -0.15) is 0 Å². The van der Waals surface area contributed by atoms with E-state index in [9.17, 15) is 4.79 Å². The summed E-state index contributed by atoms with van der Waals surface area (Å²) < 4.78 is 0. The van der Waals surface area contributed by atoms with E-state index in [-0.39, 0.29) is 17.4 Å². The monoisotopic (exact) mass is 342 g/mol. The van der Waals surface area contributed by atoms with Crippen LogP contribution in [0.15, 0.2) is 53.2 Å². The van der Waals surface area contributed by atoms with Crippen molar-refractivity contribution in [1.29, 1.82) is 0 Å². The number of nitrogens with two attached hydrogens (primary N) is 1. The highest BCUT2D eigenvalue weighted by molar-refractivity contribution is 8.13. The summed E-state index contributed by atoms with van der Waals surface area (Å²) in [4.78, 5) is 21.1. The molecule has 0 saturated carbocycles. The fourth-order valence-corrected chi connectivity index (χ4v) is 3.99. The van der Waals surface area contributed by atoms with Crippen molar-refractivity contribution in [1.82, 2.24) is 10.3 Å². The summed E-state index contributed by atoms with van der Waals surface area (Å²) in [5, 5.41) is 3.57. The standard InChI is InChI=1S/C18H22N4OS/c1-18(9-11-24-17(19)22-18)14-7-5-13(6-8-14)16(23)21-12-15-4-2-3-10-20-15/h2-7,10,14H,8-9,11-12H2,1H3,(H2,19,22)(H,21,23). The fraction of sp³-hybridized carbons (Fsp3) is 0.389. The quantitative estimate of drug-likeness (QED) is 0.880. The van der Waals surface area contributed by atoms with E-state index in [4.69, 9.17) is 5.73 Å². The first-order chi connectivity index (χ1) is 11.6. The molecule has 3 rings (SSSR count). The molecule has 6 heteroatoms. The third-order valence-corrected chi connectivity index (χ3v) is 5.34. The van der Waals surface area contributed by atoms with Gasteiger partial charge in [0.25, 0.3) is 5.91 Å². The summed E-state index contributed by atoms with van der Waals surface area (Å²) in [5.74, 6) is 1.21. The second-order valence-corrected chi connectivity index (χ2v) is 7.39. The molecule has 0 saturated heterocycles. The predicted molar refractivity (Wildman–Crippen MR) is 98.5 cm³/mol. The SMILES string of the molecule is CC1(C2C=CC(C(=O)NCc3ccccn3)=CC2)CCSC(N)=N1. The summed E-state index contributed by atoms with van der Waals surface area (Å²) in [6, 6.07) is 5.66. The maximum Gasteiger partial charge on any atom is 0.251 e. The van der Waals surface area contributed by atoms with Crippen LogP contribution in [0.4, 0.5) is 0 Å². The number of amides is 1. The summed E-state index contributed by atoms with van der Waals surface area (Å²) in [6.07, 6.45) is 9.53. The molecular formula is C18H22N4OS. The van der Waals surface area contributed by atoms with Crippen LogP contribution in [0.25, 0.3) is 0 Å². The Balaban J connectivity index is 1.58. The largest absolute Gasteiger partial charge is 0.379 e. The molecule has 1 aromatic heterocycles. The number of rotatable bonds is 4. The van der Waals surface area contributed by atoms with Gasteiger partial charge in [0.05, 0.1) is 17.8 Å². The lowest BCUT2D eigenvalue weighted by Gasteiger charge is -2.36. The van der Waals surface area contributed by atoms with Crippen molar-refractivity contribution in [2.45, 2.75) is 31.8 Å². The molecule has 2 aliphatic rings. The molecule has 0 aromatic carbocycles. The van der Waals surface area contributed by atoms with Gasteiger partial charge < -0.3 is 11.1 Å². The van der Waals surface area contributed by atoms with Crippen LogP contribution >= 0.6 is 11.8 Å². The van der Waals surface area contributed by atoms with Crippen LogP contribution in [0, 0.1) is 5.92 Å². The highest BCUT2D eigenvalue weighted by Gasteiger charge is 2.35. The number of thioether (sulfide) groups is 1.